The number of hydrogen-bond donors (Lipinski definition) is 2. The number of H-pyrrole nitrogens is 1. The van der Waals surface area contributed by atoms with Crippen molar-refractivity contribution in [2.75, 3.05) is 6.54 Å². The summed E-state index contributed by atoms with van der Waals surface area (Å²) in [6.45, 7) is 0.208. The number of carbonyl (C=O) groups is 1. The predicted octanol–water partition coefficient (Wildman–Crippen LogP) is 4.41. The molecule has 3 aromatic carbocycles. The largest absolute Gasteiger partial charge is 0.378 e. The Bertz CT molecular complexity index is 1600. The third-order valence-electron chi connectivity index (χ3n) is 7.60. The van der Waals surface area contributed by atoms with Gasteiger partial charge in [0.25, 0.3) is 11.5 Å². The summed E-state index contributed by atoms with van der Waals surface area (Å²) < 4.78 is 29.0. The number of rotatable bonds is 5. The first-order valence-electron chi connectivity index (χ1n) is 12.6. The molecule has 0 saturated heterocycles. The molecule has 4 aromatic rings. The fraction of sp³-hybridized carbons (Fsp3) is 0.233. The summed E-state index contributed by atoms with van der Waals surface area (Å²) in [6.07, 6.45) is 0.372. The van der Waals surface area contributed by atoms with Gasteiger partial charge in [0.05, 0.1) is 23.2 Å². The highest BCUT2D eigenvalue weighted by atomic mass is 19.1. The third-order valence-corrected chi connectivity index (χ3v) is 7.60. The van der Waals surface area contributed by atoms with Gasteiger partial charge in [0.1, 0.15) is 17.5 Å². The SMILES string of the molecule is O=C(C(O)c1cccc(-c2cccc(F)c2)c1F)N1CCc2nc(C3(c4ccccc4)CC3)[nH]c(=O)c2C1. The maximum absolute atomic E-state index is 15.4. The van der Waals surface area contributed by atoms with Gasteiger partial charge in [-0.05, 0) is 36.1 Å². The van der Waals surface area contributed by atoms with Crippen LogP contribution in [0.5, 0.6) is 0 Å². The molecular weight excluding hydrogens is 488 g/mol. The number of aliphatic hydroxyl groups excluding tert-OH is 1. The Morgan fingerprint density at radius 1 is 1.03 bits per heavy atom. The van der Waals surface area contributed by atoms with E-state index in [-0.39, 0.29) is 35.2 Å². The third kappa shape index (κ3) is 4.11. The van der Waals surface area contributed by atoms with Gasteiger partial charge in [0.2, 0.25) is 0 Å². The molecule has 2 N–H and O–H groups in total. The summed E-state index contributed by atoms with van der Waals surface area (Å²) in [7, 11) is 0. The van der Waals surface area contributed by atoms with Crippen molar-refractivity contribution in [2.24, 2.45) is 0 Å². The van der Waals surface area contributed by atoms with E-state index in [4.69, 9.17) is 4.98 Å². The molecule has 1 unspecified atom stereocenters. The molecule has 192 valence electrons. The van der Waals surface area contributed by atoms with Crippen LogP contribution in [0.3, 0.4) is 0 Å². The first kappa shape index (κ1) is 24.2. The molecule has 1 fully saturated rings. The topological polar surface area (TPSA) is 86.3 Å². The minimum absolute atomic E-state index is 0.0304. The molecule has 1 aliphatic heterocycles. The van der Waals surface area contributed by atoms with Crippen LogP contribution in [-0.4, -0.2) is 32.4 Å². The fourth-order valence-electron chi connectivity index (χ4n) is 5.33. The Labute approximate surface area is 217 Å². The second-order valence-corrected chi connectivity index (χ2v) is 9.92. The lowest BCUT2D eigenvalue weighted by Crippen LogP contribution is -2.42. The standard InChI is InChI=1S/C30H25F2N3O3/c31-20-9-4-6-18(16-20)21-10-5-11-22(25(21)32)26(36)28(38)35-15-12-24-23(17-35)27(37)34-29(33-24)30(13-14-30)19-7-2-1-3-8-19/h1-11,16,26,36H,12-15,17H2,(H,33,34,37). The molecule has 0 radical (unpaired) electrons. The van der Waals surface area contributed by atoms with Crippen LogP contribution in [0.15, 0.2) is 77.6 Å². The Hall–Kier alpha value is -4.17. The van der Waals surface area contributed by atoms with Gasteiger partial charge in [0, 0.05) is 24.1 Å². The van der Waals surface area contributed by atoms with Crippen molar-refractivity contribution in [2.45, 2.75) is 37.3 Å². The van der Waals surface area contributed by atoms with Gasteiger partial charge < -0.3 is 15.0 Å². The average Bonchev–Trinajstić information content (AvgIpc) is 3.75. The highest BCUT2D eigenvalue weighted by Gasteiger charge is 2.48. The number of nitrogens with zero attached hydrogens (tertiary/aromatic N) is 2. The van der Waals surface area contributed by atoms with Crippen molar-refractivity contribution < 1.29 is 18.7 Å². The lowest BCUT2D eigenvalue weighted by Gasteiger charge is -2.30. The maximum Gasteiger partial charge on any atom is 0.256 e. The smallest absolute Gasteiger partial charge is 0.256 e. The number of nitrogens with one attached hydrogen (secondary N) is 1. The fourth-order valence-corrected chi connectivity index (χ4v) is 5.33. The molecule has 0 bridgehead atoms. The molecule has 1 saturated carbocycles. The van der Waals surface area contributed by atoms with E-state index < -0.39 is 23.6 Å². The minimum Gasteiger partial charge on any atom is -0.378 e. The monoisotopic (exact) mass is 513 g/mol. The second-order valence-electron chi connectivity index (χ2n) is 9.92. The van der Waals surface area contributed by atoms with E-state index in [2.05, 4.69) is 4.98 Å². The number of fused-ring (bicyclic) bond motifs is 1. The first-order valence-corrected chi connectivity index (χ1v) is 12.6. The van der Waals surface area contributed by atoms with Crippen LogP contribution in [0.2, 0.25) is 0 Å². The second kappa shape index (κ2) is 9.29. The predicted molar refractivity (Wildman–Crippen MR) is 137 cm³/mol. The van der Waals surface area contributed by atoms with Crippen LogP contribution in [0.1, 0.15) is 47.2 Å². The molecule has 1 aliphatic carbocycles. The van der Waals surface area contributed by atoms with E-state index in [0.29, 0.717) is 29.1 Å². The average molecular weight is 514 g/mol. The number of halogens is 2. The van der Waals surface area contributed by atoms with Crippen LogP contribution < -0.4 is 5.56 Å². The van der Waals surface area contributed by atoms with Gasteiger partial charge in [-0.3, -0.25) is 9.59 Å². The Kier molecular flexibility index (Phi) is 5.91. The molecule has 6 rings (SSSR count). The van der Waals surface area contributed by atoms with Crippen LogP contribution >= 0.6 is 0 Å². The van der Waals surface area contributed by atoms with Crippen molar-refractivity contribution in [1.29, 1.82) is 0 Å². The highest BCUT2D eigenvalue weighted by Crippen LogP contribution is 2.52. The van der Waals surface area contributed by atoms with E-state index in [1.807, 2.05) is 30.3 Å². The molecule has 1 atom stereocenters. The zero-order valence-electron chi connectivity index (χ0n) is 20.5. The van der Waals surface area contributed by atoms with Crippen LogP contribution in [0.4, 0.5) is 8.78 Å². The highest BCUT2D eigenvalue weighted by molar-refractivity contribution is 5.83. The maximum atomic E-state index is 15.4. The van der Waals surface area contributed by atoms with Crippen LogP contribution in [0, 0.1) is 11.6 Å². The number of carbonyl (C=O) groups excluding carboxylic acids is 1. The number of aromatic amines is 1. The van der Waals surface area contributed by atoms with Gasteiger partial charge in [0.15, 0.2) is 6.10 Å². The van der Waals surface area contributed by atoms with Crippen LogP contribution in [-0.2, 0) is 23.2 Å². The summed E-state index contributed by atoms with van der Waals surface area (Å²) in [5.41, 5.74) is 1.71. The van der Waals surface area contributed by atoms with Gasteiger partial charge in [-0.15, -0.1) is 0 Å². The van der Waals surface area contributed by atoms with Crippen molar-refractivity contribution in [1.82, 2.24) is 14.9 Å². The van der Waals surface area contributed by atoms with Crippen molar-refractivity contribution in [3.63, 3.8) is 0 Å². The molecule has 8 heteroatoms. The summed E-state index contributed by atoms with van der Waals surface area (Å²) in [5.74, 6) is -1.38. The molecule has 1 amide bonds. The van der Waals surface area contributed by atoms with Gasteiger partial charge in [-0.25, -0.2) is 13.8 Å². The lowest BCUT2D eigenvalue weighted by molar-refractivity contribution is -0.141. The Balaban J connectivity index is 1.25. The molecule has 38 heavy (non-hydrogen) atoms. The normalized spacial score (nSPS) is 16.6. The van der Waals surface area contributed by atoms with E-state index >= 15 is 4.39 Å². The number of aromatic nitrogens is 2. The van der Waals surface area contributed by atoms with Gasteiger partial charge in [-0.2, -0.15) is 0 Å². The summed E-state index contributed by atoms with van der Waals surface area (Å²) in [4.78, 5) is 35.4. The molecule has 2 heterocycles. The molecule has 2 aliphatic rings. The minimum atomic E-state index is -1.77. The van der Waals surface area contributed by atoms with Gasteiger partial charge >= 0.3 is 0 Å². The first-order chi connectivity index (χ1) is 18.4. The van der Waals surface area contributed by atoms with Crippen molar-refractivity contribution >= 4 is 5.91 Å². The summed E-state index contributed by atoms with van der Waals surface area (Å²) >= 11 is 0. The Morgan fingerprint density at radius 3 is 2.53 bits per heavy atom. The number of hydrogen-bond acceptors (Lipinski definition) is 4. The molecule has 0 spiro atoms. The van der Waals surface area contributed by atoms with E-state index in [0.717, 1.165) is 18.4 Å². The van der Waals surface area contributed by atoms with E-state index in [1.165, 1.54) is 41.3 Å². The quantitative estimate of drug-likeness (QED) is 0.414. The zero-order chi connectivity index (χ0) is 26.4. The molecule has 1 aromatic heterocycles. The number of amides is 1. The van der Waals surface area contributed by atoms with Crippen molar-refractivity contribution in [3.05, 3.63) is 123 Å². The van der Waals surface area contributed by atoms with E-state index in [9.17, 15) is 19.1 Å². The summed E-state index contributed by atoms with van der Waals surface area (Å²) in [5, 5.41) is 10.8. The van der Waals surface area contributed by atoms with Crippen molar-refractivity contribution in [3.8, 4) is 11.1 Å². The zero-order valence-corrected chi connectivity index (χ0v) is 20.5. The summed E-state index contributed by atoms with van der Waals surface area (Å²) in [6, 6.07) is 19.7. The van der Waals surface area contributed by atoms with Crippen LogP contribution in [0.25, 0.3) is 11.1 Å². The Morgan fingerprint density at radius 2 is 1.79 bits per heavy atom. The molecule has 6 nitrogen and oxygen atoms in total. The van der Waals surface area contributed by atoms with Gasteiger partial charge in [-0.1, -0.05) is 60.7 Å². The molecular formula is C30H25F2N3O3. The lowest BCUT2D eigenvalue weighted by atomic mass is 9.94. The number of benzene rings is 3. The number of aliphatic hydroxyl groups is 1. The van der Waals surface area contributed by atoms with E-state index in [1.54, 1.807) is 6.07 Å².